The number of carbonyl (C=O) groups is 1. The summed E-state index contributed by atoms with van der Waals surface area (Å²) in [6.07, 6.45) is 2.86. The van der Waals surface area contributed by atoms with Crippen molar-refractivity contribution in [3.8, 4) is 0 Å². The normalized spacial score (nSPS) is 18.9. The van der Waals surface area contributed by atoms with Crippen molar-refractivity contribution in [2.75, 3.05) is 5.73 Å². The molecule has 0 aliphatic heterocycles. The standard InChI is InChI=1S/C13H13N3OS2/c14-12-15-16-13(19-12)18-10-7-3-5-8-4-1-2-6-9(8)11(10)17/h1-2,4,6,10H,3,5,7H2,(H2,14,15). The minimum atomic E-state index is -0.0731. The molecule has 1 atom stereocenters. The number of fused-ring (bicyclic) bond motifs is 1. The minimum Gasteiger partial charge on any atom is -0.374 e. The Morgan fingerprint density at radius 1 is 1.32 bits per heavy atom. The van der Waals surface area contributed by atoms with E-state index in [-0.39, 0.29) is 11.0 Å². The van der Waals surface area contributed by atoms with Crippen LogP contribution in [0.1, 0.15) is 28.8 Å². The molecule has 2 N–H and O–H groups in total. The van der Waals surface area contributed by atoms with E-state index in [0.717, 1.165) is 34.7 Å². The maximum Gasteiger partial charge on any atom is 0.203 e. The lowest BCUT2D eigenvalue weighted by molar-refractivity contribution is 0.0988. The van der Waals surface area contributed by atoms with E-state index in [0.29, 0.717) is 5.13 Å². The molecule has 0 saturated heterocycles. The lowest BCUT2D eigenvalue weighted by atomic mass is 10.0. The van der Waals surface area contributed by atoms with E-state index in [4.69, 9.17) is 5.73 Å². The van der Waals surface area contributed by atoms with Crippen LogP contribution in [0.4, 0.5) is 5.13 Å². The first-order valence-corrected chi connectivity index (χ1v) is 7.81. The first-order valence-electron chi connectivity index (χ1n) is 6.12. The second-order valence-electron chi connectivity index (χ2n) is 4.43. The first-order chi connectivity index (χ1) is 9.24. The van der Waals surface area contributed by atoms with Gasteiger partial charge in [0.05, 0.1) is 5.25 Å². The molecule has 6 heteroatoms. The van der Waals surface area contributed by atoms with Gasteiger partial charge in [0, 0.05) is 5.56 Å². The van der Waals surface area contributed by atoms with Gasteiger partial charge in [0.15, 0.2) is 10.1 Å². The molecular formula is C13H13N3OS2. The third-order valence-electron chi connectivity index (χ3n) is 3.15. The van der Waals surface area contributed by atoms with E-state index in [1.54, 1.807) is 0 Å². The molecule has 1 aromatic heterocycles. The van der Waals surface area contributed by atoms with Crippen LogP contribution >= 0.6 is 23.1 Å². The van der Waals surface area contributed by atoms with Crippen molar-refractivity contribution in [3.63, 3.8) is 0 Å². The Morgan fingerprint density at radius 3 is 2.95 bits per heavy atom. The van der Waals surface area contributed by atoms with E-state index < -0.39 is 0 Å². The number of nitrogens with two attached hydrogens (primary N) is 1. The van der Waals surface area contributed by atoms with E-state index in [2.05, 4.69) is 10.2 Å². The summed E-state index contributed by atoms with van der Waals surface area (Å²) in [5, 5.41) is 8.15. The number of aromatic nitrogens is 2. The molecule has 1 aromatic carbocycles. The minimum absolute atomic E-state index is 0.0731. The highest BCUT2D eigenvalue weighted by Crippen LogP contribution is 2.34. The summed E-state index contributed by atoms with van der Waals surface area (Å²) in [6.45, 7) is 0. The number of thioether (sulfide) groups is 1. The van der Waals surface area contributed by atoms with Gasteiger partial charge in [-0.2, -0.15) is 0 Å². The van der Waals surface area contributed by atoms with Gasteiger partial charge in [-0.15, -0.1) is 10.2 Å². The maximum absolute atomic E-state index is 12.6. The molecule has 0 radical (unpaired) electrons. The molecule has 0 saturated carbocycles. The van der Waals surface area contributed by atoms with Crippen LogP contribution in [0.25, 0.3) is 0 Å². The molecule has 0 bridgehead atoms. The Kier molecular flexibility index (Phi) is 3.52. The number of rotatable bonds is 2. The number of hydrogen-bond donors (Lipinski definition) is 1. The lowest BCUT2D eigenvalue weighted by Gasteiger charge is -2.10. The van der Waals surface area contributed by atoms with Crippen molar-refractivity contribution >= 4 is 34.0 Å². The van der Waals surface area contributed by atoms with Gasteiger partial charge in [-0.3, -0.25) is 4.79 Å². The predicted molar refractivity (Wildman–Crippen MR) is 77.7 cm³/mol. The molecule has 98 valence electrons. The number of ketones is 1. The van der Waals surface area contributed by atoms with Crippen molar-refractivity contribution in [3.05, 3.63) is 35.4 Å². The number of aryl methyl sites for hydroxylation is 1. The quantitative estimate of drug-likeness (QED) is 0.862. The van der Waals surface area contributed by atoms with Gasteiger partial charge in [0.1, 0.15) is 0 Å². The number of nitrogens with zero attached hydrogens (tertiary/aromatic N) is 2. The van der Waals surface area contributed by atoms with Gasteiger partial charge >= 0.3 is 0 Å². The zero-order valence-electron chi connectivity index (χ0n) is 10.2. The SMILES string of the molecule is Nc1nnc(SC2CCCc3ccccc3C2=O)s1. The molecule has 1 aliphatic rings. The highest BCUT2D eigenvalue weighted by molar-refractivity contribution is 8.02. The third-order valence-corrected chi connectivity index (χ3v) is 5.26. The van der Waals surface area contributed by atoms with Crippen LogP contribution in [0.3, 0.4) is 0 Å². The molecule has 4 nitrogen and oxygen atoms in total. The van der Waals surface area contributed by atoms with Crippen molar-refractivity contribution in [2.24, 2.45) is 0 Å². The maximum atomic E-state index is 12.6. The molecular weight excluding hydrogens is 278 g/mol. The monoisotopic (exact) mass is 291 g/mol. The molecule has 1 unspecified atom stereocenters. The van der Waals surface area contributed by atoms with Gasteiger partial charge in [-0.25, -0.2) is 0 Å². The number of benzene rings is 1. The van der Waals surface area contributed by atoms with Gasteiger partial charge in [-0.05, 0) is 24.8 Å². The van der Waals surface area contributed by atoms with E-state index in [9.17, 15) is 4.79 Å². The Labute approximate surface area is 119 Å². The van der Waals surface area contributed by atoms with Gasteiger partial charge in [-0.1, -0.05) is 47.4 Å². The Bertz CT molecular complexity index is 611. The molecule has 19 heavy (non-hydrogen) atoms. The number of carbonyl (C=O) groups excluding carboxylic acids is 1. The molecule has 3 rings (SSSR count). The molecule has 2 aromatic rings. The first kappa shape index (κ1) is 12.6. The van der Waals surface area contributed by atoms with Crippen LogP contribution in [0.2, 0.25) is 0 Å². The van der Waals surface area contributed by atoms with E-state index in [1.807, 2.05) is 24.3 Å². The summed E-state index contributed by atoms with van der Waals surface area (Å²) in [6, 6.07) is 7.88. The smallest absolute Gasteiger partial charge is 0.203 e. The predicted octanol–water partition coefficient (Wildman–Crippen LogP) is 2.80. The van der Waals surface area contributed by atoms with Gasteiger partial charge < -0.3 is 5.73 Å². The highest BCUT2D eigenvalue weighted by atomic mass is 32.2. The van der Waals surface area contributed by atoms with E-state index >= 15 is 0 Å². The second kappa shape index (κ2) is 5.30. The van der Waals surface area contributed by atoms with Crippen LogP contribution < -0.4 is 5.73 Å². The van der Waals surface area contributed by atoms with Crippen molar-refractivity contribution < 1.29 is 4.79 Å². The summed E-state index contributed by atoms with van der Waals surface area (Å²) in [4.78, 5) is 12.6. The third kappa shape index (κ3) is 2.64. The number of hydrogen-bond acceptors (Lipinski definition) is 6. The molecule has 0 amide bonds. The zero-order valence-corrected chi connectivity index (χ0v) is 11.8. The molecule has 1 aliphatic carbocycles. The molecule has 1 heterocycles. The van der Waals surface area contributed by atoms with Crippen molar-refractivity contribution in [1.29, 1.82) is 0 Å². The number of anilines is 1. The Balaban J connectivity index is 1.85. The summed E-state index contributed by atoms with van der Waals surface area (Å²) in [7, 11) is 0. The van der Waals surface area contributed by atoms with Gasteiger partial charge in [0.25, 0.3) is 0 Å². The summed E-state index contributed by atoms with van der Waals surface area (Å²) >= 11 is 2.82. The molecule has 0 spiro atoms. The van der Waals surface area contributed by atoms with Crippen LogP contribution in [-0.4, -0.2) is 21.2 Å². The summed E-state index contributed by atoms with van der Waals surface area (Å²) < 4.78 is 0.773. The van der Waals surface area contributed by atoms with Crippen LogP contribution in [-0.2, 0) is 6.42 Å². The number of Topliss-reactive ketones (excluding diaryl/α,β-unsaturated/α-hetero) is 1. The fourth-order valence-corrected chi connectivity index (χ4v) is 4.25. The summed E-state index contributed by atoms with van der Waals surface area (Å²) in [5.74, 6) is 0.201. The van der Waals surface area contributed by atoms with Crippen LogP contribution in [0, 0.1) is 0 Å². The lowest BCUT2D eigenvalue weighted by Crippen LogP contribution is -2.16. The van der Waals surface area contributed by atoms with Gasteiger partial charge in [0.2, 0.25) is 5.13 Å². The zero-order chi connectivity index (χ0) is 13.2. The number of nitrogen functional groups attached to an aromatic ring is 1. The van der Waals surface area contributed by atoms with E-state index in [1.165, 1.54) is 23.1 Å². The molecule has 0 fully saturated rings. The van der Waals surface area contributed by atoms with Crippen molar-refractivity contribution in [2.45, 2.75) is 28.9 Å². The topological polar surface area (TPSA) is 68.9 Å². The fraction of sp³-hybridized carbons (Fsp3) is 0.308. The Morgan fingerprint density at radius 2 is 2.16 bits per heavy atom. The van der Waals surface area contributed by atoms with Crippen molar-refractivity contribution in [1.82, 2.24) is 10.2 Å². The Hall–Kier alpha value is -1.40. The van der Waals surface area contributed by atoms with Crippen LogP contribution in [0.15, 0.2) is 28.6 Å². The van der Waals surface area contributed by atoms with Crippen LogP contribution in [0.5, 0.6) is 0 Å². The second-order valence-corrected chi connectivity index (χ2v) is 6.89. The highest BCUT2D eigenvalue weighted by Gasteiger charge is 2.27. The fourth-order valence-electron chi connectivity index (χ4n) is 2.26. The average Bonchev–Trinajstić information content (AvgIpc) is 2.75. The summed E-state index contributed by atoms with van der Waals surface area (Å²) in [5.41, 5.74) is 7.59. The average molecular weight is 291 g/mol. The largest absolute Gasteiger partial charge is 0.374 e.